The fourth-order valence-electron chi connectivity index (χ4n) is 3.75. The van der Waals surface area contributed by atoms with Gasteiger partial charge in [0.1, 0.15) is 11.3 Å². The maximum absolute atomic E-state index is 13.4. The van der Waals surface area contributed by atoms with Crippen LogP contribution < -0.4 is 15.2 Å². The van der Waals surface area contributed by atoms with Gasteiger partial charge >= 0.3 is 5.97 Å². The Balaban J connectivity index is 1.69. The van der Waals surface area contributed by atoms with Gasteiger partial charge in [-0.05, 0) is 36.4 Å². The minimum Gasteiger partial charge on any atom is -0.453 e. The van der Waals surface area contributed by atoms with E-state index in [9.17, 15) is 9.59 Å². The molecule has 0 fully saturated rings. The van der Waals surface area contributed by atoms with E-state index in [1.165, 1.54) is 17.8 Å². The van der Waals surface area contributed by atoms with Crippen molar-refractivity contribution in [2.24, 2.45) is 5.10 Å². The number of carbonyl (C=O) groups excluding carboxylic acids is 1. The average molecular weight is 466 g/mol. The summed E-state index contributed by atoms with van der Waals surface area (Å²) in [6, 6.07) is 21.9. The standard InChI is InChI=1S/C27H22N4O4/c1-17(32)34-24-15-20(30(2)3)13-12-19(24)16-28-31-26(25-14-18-8-4-7-11-23(18)35-25)29-22-10-6-5-9-21(22)27(31)33/h4-16H,1-3H3. The average Bonchev–Trinajstić information content (AvgIpc) is 3.28. The zero-order valence-electron chi connectivity index (χ0n) is 19.4. The molecule has 0 unspecified atom stereocenters. The normalized spacial score (nSPS) is 11.4. The smallest absolute Gasteiger partial charge is 0.308 e. The second-order valence-corrected chi connectivity index (χ2v) is 8.17. The maximum Gasteiger partial charge on any atom is 0.308 e. The summed E-state index contributed by atoms with van der Waals surface area (Å²) in [6.07, 6.45) is 1.47. The second-order valence-electron chi connectivity index (χ2n) is 8.17. The summed E-state index contributed by atoms with van der Waals surface area (Å²) in [5, 5.41) is 5.78. The first kappa shape index (κ1) is 22.1. The molecular formula is C27H22N4O4. The molecule has 0 bridgehead atoms. The molecule has 0 aliphatic rings. The fraction of sp³-hybridized carbons (Fsp3) is 0.111. The third-order valence-electron chi connectivity index (χ3n) is 5.48. The lowest BCUT2D eigenvalue weighted by Gasteiger charge is -2.15. The summed E-state index contributed by atoms with van der Waals surface area (Å²) in [6.45, 7) is 1.33. The maximum atomic E-state index is 13.4. The van der Waals surface area contributed by atoms with Crippen LogP contribution in [0.2, 0.25) is 0 Å². The minimum absolute atomic E-state index is 0.264. The molecule has 2 heterocycles. The van der Waals surface area contributed by atoms with Crippen molar-refractivity contribution in [3.63, 3.8) is 0 Å². The summed E-state index contributed by atoms with van der Waals surface area (Å²) in [4.78, 5) is 31.7. The zero-order chi connectivity index (χ0) is 24.5. The summed E-state index contributed by atoms with van der Waals surface area (Å²) in [5.41, 5.74) is 2.25. The van der Waals surface area contributed by atoms with E-state index in [2.05, 4.69) is 10.1 Å². The monoisotopic (exact) mass is 466 g/mol. The number of hydrogen-bond acceptors (Lipinski definition) is 7. The molecular weight excluding hydrogens is 444 g/mol. The van der Waals surface area contributed by atoms with Crippen molar-refractivity contribution in [2.45, 2.75) is 6.92 Å². The Morgan fingerprint density at radius 3 is 2.60 bits per heavy atom. The molecule has 0 spiro atoms. The van der Waals surface area contributed by atoms with E-state index >= 15 is 0 Å². The van der Waals surface area contributed by atoms with Gasteiger partial charge in [-0.15, -0.1) is 0 Å². The zero-order valence-corrected chi connectivity index (χ0v) is 19.4. The molecule has 174 valence electrons. The van der Waals surface area contributed by atoms with E-state index in [1.807, 2.05) is 61.5 Å². The van der Waals surface area contributed by atoms with Crippen LogP contribution in [0.15, 0.2) is 87.1 Å². The van der Waals surface area contributed by atoms with Gasteiger partial charge < -0.3 is 14.1 Å². The van der Waals surface area contributed by atoms with E-state index in [4.69, 9.17) is 9.15 Å². The van der Waals surface area contributed by atoms with Gasteiger partial charge in [0.25, 0.3) is 5.56 Å². The molecule has 0 amide bonds. The number of esters is 1. The van der Waals surface area contributed by atoms with Crippen LogP contribution >= 0.6 is 0 Å². The Morgan fingerprint density at radius 1 is 1.06 bits per heavy atom. The number of carbonyl (C=O) groups is 1. The molecule has 5 aromatic rings. The lowest BCUT2D eigenvalue weighted by atomic mass is 10.2. The number of aromatic nitrogens is 2. The van der Waals surface area contributed by atoms with Gasteiger partial charge in [0.2, 0.25) is 5.82 Å². The van der Waals surface area contributed by atoms with Crippen molar-refractivity contribution in [1.82, 2.24) is 9.66 Å². The molecule has 8 heteroatoms. The van der Waals surface area contributed by atoms with E-state index in [0.717, 1.165) is 11.1 Å². The molecule has 5 rings (SSSR count). The Morgan fingerprint density at radius 2 is 1.83 bits per heavy atom. The molecule has 0 radical (unpaired) electrons. The van der Waals surface area contributed by atoms with Crippen molar-refractivity contribution in [3.05, 3.63) is 88.7 Å². The molecule has 8 nitrogen and oxygen atoms in total. The number of fused-ring (bicyclic) bond motifs is 2. The highest BCUT2D eigenvalue weighted by molar-refractivity contribution is 5.87. The third kappa shape index (κ3) is 4.29. The second kappa shape index (κ2) is 8.90. The first-order chi connectivity index (χ1) is 16.9. The highest BCUT2D eigenvalue weighted by atomic mass is 16.5. The Bertz CT molecular complexity index is 1630. The van der Waals surface area contributed by atoms with Gasteiger partial charge in [-0.25, -0.2) is 4.98 Å². The van der Waals surface area contributed by atoms with Crippen LogP contribution in [0.3, 0.4) is 0 Å². The summed E-state index contributed by atoms with van der Waals surface area (Å²) in [5.74, 6) is 0.553. The first-order valence-electron chi connectivity index (χ1n) is 11.0. The highest BCUT2D eigenvalue weighted by Gasteiger charge is 2.17. The van der Waals surface area contributed by atoms with E-state index < -0.39 is 5.97 Å². The number of furan rings is 1. The number of ether oxygens (including phenoxy) is 1. The van der Waals surface area contributed by atoms with E-state index in [1.54, 1.807) is 30.3 Å². The SMILES string of the molecule is CC(=O)Oc1cc(N(C)C)ccc1C=Nn1c(-c2cc3ccccc3o2)nc2ccccc2c1=O. The molecule has 0 saturated heterocycles. The lowest BCUT2D eigenvalue weighted by molar-refractivity contribution is -0.131. The van der Waals surface area contributed by atoms with Crippen LogP contribution in [0, 0.1) is 0 Å². The van der Waals surface area contributed by atoms with Crippen LogP contribution in [-0.4, -0.2) is 35.9 Å². The molecule has 2 aromatic heterocycles. The first-order valence-corrected chi connectivity index (χ1v) is 11.0. The van der Waals surface area contributed by atoms with Gasteiger partial charge in [0, 0.05) is 43.7 Å². The Hall–Kier alpha value is -4.72. The summed E-state index contributed by atoms with van der Waals surface area (Å²) in [7, 11) is 3.78. The van der Waals surface area contributed by atoms with Gasteiger partial charge in [-0.1, -0.05) is 30.3 Å². The Labute approximate surface area is 200 Å². The van der Waals surface area contributed by atoms with E-state index in [0.29, 0.717) is 33.6 Å². The Kier molecular flexibility index (Phi) is 5.62. The van der Waals surface area contributed by atoms with Crippen molar-refractivity contribution in [1.29, 1.82) is 0 Å². The van der Waals surface area contributed by atoms with Gasteiger partial charge in [0.05, 0.1) is 17.1 Å². The van der Waals surface area contributed by atoms with Crippen LogP contribution in [0.5, 0.6) is 5.75 Å². The van der Waals surface area contributed by atoms with Crippen LogP contribution in [-0.2, 0) is 4.79 Å². The summed E-state index contributed by atoms with van der Waals surface area (Å²) < 4.78 is 12.6. The largest absolute Gasteiger partial charge is 0.453 e. The lowest BCUT2D eigenvalue weighted by Crippen LogP contribution is -2.20. The van der Waals surface area contributed by atoms with Crippen molar-refractivity contribution < 1.29 is 13.9 Å². The van der Waals surface area contributed by atoms with Crippen molar-refractivity contribution in [2.75, 3.05) is 19.0 Å². The quantitative estimate of drug-likeness (QED) is 0.212. The molecule has 0 aliphatic carbocycles. The molecule has 35 heavy (non-hydrogen) atoms. The number of hydrogen-bond donors (Lipinski definition) is 0. The summed E-state index contributed by atoms with van der Waals surface area (Å²) >= 11 is 0. The molecule has 0 N–H and O–H groups in total. The predicted octanol–water partition coefficient (Wildman–Crippen LogP) is 4.68. The minimum atomic E-state index is -0.456. The predicted molar refractivity (Wildman–Crippen MR) is 136 cm³/mol. The number of rotatable bonds is 5. The molecule has 3 aromatic carbocycles. The fourth-order valence-corrected chi connectivity index (χ4v) is 3.75. The number of benzene rings is 3. The van der Waals surface area contributed by atoms with E-state index in [-0.39, 0.29) is 11.4 Å². The van der Waals surface area contributed by atoms with Crippen LogP contribution in [0.4, 0.5) is 5.69 Å². The van der Waals surface area contributed by atoms with Crippen molar-refractivity contribution >= 4 is 39.7 Å². The topological polar surface area (TPSA) is 89.9 Å². The number of para-hydroxylation sites is 2. The highest BCUT2D eigenvalue weighted by Crippen LogP contribution is 2.28. The van der Waals surface area contributed by atoms with Crippen LogP contribution in [0.25, 0.3) is 33.5 Å². The molecule has 0 atom stereocenters. The van der Waals surface area contributed by atoms with Crippen molar-refractivity contribution in [3.8, 4) is 17.3 Å². The van der Waals surface area contributed by atoms with Gasteiger partial charge in [-0.2, -0.15) is 9.78 Å². The molecule has 0 saturated carbocycles. The van der Waals surface area contributed by atoms with Gasteiger partial charge in [-0.3, -0.25) is 9.59 Å². The van der Waals surface area contributed by atoms with Gasteiger partial charge in [0.15, 0.2) is 5.76 Å². The number of anilines is 1. The molecule has 0 aliphatic heterocycles. The third-order valence-corrected chi connectivity index (χ3v) is 5.48. The van der Waals surface area contributed by atoms with Crippen LogP contribution in [0.1, 0.15) is 12.5 Å². The number of nitrogens with zero attached hydrogens (tertiary/aromatic N) is 4.